The Balaban J connectivity index is 3.56. The first-order chi connectivity index (χ1) is 3.18. The van der Waals surface area contributed by atoms with E-state index in [0.29, 0.717) is 6.26 Å². The third-order valence-electron chi connectivity index (χ3n) is 0.321. The van der Waals surface area contributed by atoms with Gasteiger partial charge in [0.2, 0.25) is 0 Å². The molecule has 0 unspecified atom stereocenters. The van der Waals surface area contributed by atoms with Crippen molar-refractivity contribution in [1.29, 1.82) is 0 Å². The van der Waals surface area contributed by atoms with Crippen molar-refractivity contribution in [2.24, 2.45) is 0 Å². The Morgan fingerprint density at radius 2 is 2.00 bits per heavy atom. The number of halogens is 3. The summed E-state index contributed by atoms with van der Waals surface area (Å²) >= 11 is 15.3. The quantitative estimate of drug-likeness (QED) is 0.414. The lowest BCUT2D eigenvalue weighted by Crippen LogP contribution is -1.82. The van der Waals surface area contributed by atoms with Crippen LogP contribution in [0.2, 0.25) is 0 Å². The van der Waals surface area contributed by atoms with Crippen LogP contribution in [0.1, 0.15) is 0 Å². The van der Waals surface area contributed by atoms with Gasteiger partial charge in [0.1, 0.15) is 4.84 Å². The van der Waals surface area contributed by atoms with Gasteiger partial charge in [0.05, 0.1) is 5.03 Å². The van der Waals surface area contributed by atoms with Crippen molar-refractivity contribution in [3.05, 3.63) is 11.3 Å². The summed E-state index contributed by atoms with van der Waals surface area (Å²) in [4.78, 5) is -0.876. The summed E-state index contributed by atoms with van der Waals surface area (Å²) < 4.78 is 0. The maximum atomic E-state index is 9.61. The molecule has 0 fully saturated rings. The van der Waals surface area contributed by atoms with Crippen molar-refractivity contribution in [3.8, 4) is 0 Å². The molecule has 0 rings (SSSR count). The fourth-order valence-corrected chi connectivity index (χ4v) is 0.154. The first kappa shape index (κ1) is 7.41. The van der Waals surface area contributed by atoms with E-state index in [-0.39, 0.29) is 5.03 Å². The van der Waals surface area contributed by atoms with Crippen LogP contribution in [0.15, 0.2) is 11.3 Å². The number of rotatable bonds is 1. The molecule has 0 spiro atoms. The van der Waals surface area contributed by atoms with Crippen LogP contribution in [0, 0.1) is 0 Å². The Morgan fingerprint density at radius 3 is 2.00 bits per heavy atom. The van der Waals surface area contributed by atoms with Crippen molar-refractivity contribution >= 4 is 34.8 Å². The zero-order valence-corrected chi connectivity index (χ0v) is 5.46. The van der Waals surface area contributed by atoms with Crippen LogP contribution in [0.4, 0.5) is 0 Å². The Morgan fingerprint density at radius 1 is 1.57 bits per heavy atom. The van der Waals surface area contributed by atoms with Crippen LogP contribution < -0.4 is 0 Å². The molecular formula is C3H2Cl3O. The predicted octanol–water partition coefficient (Wildman–Crippen LogP) is 2.30. The zero-order valence-electron chi connectivity index (χ0n) is 3.20. The third kappa shape index (κ3) is 3.03. The Kier molecular flexibility index (Phi) is 3.62. The molecule has 7 heavy (non-hydrogen) atoms. The fraction of sp³-hybridized carbons (Fsp3) is 0.333. The molecule has 0 aliphatic heterocycles. The molecule has 0 aromatic heterocycles. The van der Waals surface area contributed by atoms with E-state index in [4.69, 9.17) is 34.8 Å². The molecule has 0 aromatic carbocycles. The molecular weight excluding hydrogens is 158 g/mol. The second-order valence-corrected chi connectivity index (χ2v) is 2.34. The molecule has 0 atom stereocenters. The molecule has 1 nitrogen and oxygen atoms in total. The van der Waals surface area contributed by atoms with Gasteiger partial charge in [0.25, 0.3) is 0 Å². The minimum absolute atomic E-state index is 0.0802. The van der Waals surface area contributed by atoms with E-state index in [1.807, 2.05) is 0 Å². The lowest BCUT2D eigenvalue weighted by atomic mass is 10.7. The largest absolute Gasteiger partial charge is 0.297 e. The maximum Gasteiger partial charge on any atom is 0.160 e. The normalized spacial score (nSPS) is 12.9. The Bertz CT molecular complexity index is 78.2. The van der Waals surface area contributed by atoms with E-state index in [2.05, 4.69) is 0 Å². The molecule has 0 aliphatic rings. The molecule has 0 aromatic rings. The van der Waals surface area contributed by atoms with E-state index >= 15 is 0 Å². The summed E-state index contributed by atoms with van der Waals surface area (Å²) in [6.07, 6.45) is 0.409. The summed E-state index contributed by atoms with van der Waals surface area (Å²) in [5, 5.41) is 9.53. The molecule has 0 aliphatic carbocycles. The smallest absolute Gasteiger partial charge is 0.160 e. The molecule has 1 radical (unpaired) electrons. The highest BCUT2D eigenvalue weighted by molar-refractivity contribution is 6.52. The van der Waals surface area contributed by atoms with Gasteiger partial charge in [0, 0.05) is 0 Å². The Hall–Kier alpha value is 0.410. The van der Waals surface area contributed by atoms with Gasteiger partial charge in [-0.15, -0.1) is 0 Å². The van der Waals surface area contributed by atoms with Crippen LogP contribution in [0.5, 0.6) is 0 Å². The van der Waals surface area contributed by atoms with Crippen molar-refractivity contribution < 1.29 is 5.11 Å². The maximum absolute atomic E-state index is 9.61. The molecule has 0 heterocycles. The molecule has 4 heteroatoms. The monoisotopic (exact) mass is 159 g/mol. The van der Waals surface area contributed by atoms with Crippen molar-refractivity contribution in [2.75, 3.05) is 0 Å². The second-order valence-electron chi connectivity index (χ2n) is 0.803. The minimum atomic E-state index is -0.876. The number of hydrogen-bond acceptors (Lipinski definition) is 0. The van der Waals surface area contributed by atoms with Gasteiger partial charge >= 0.3 is 0 Å². The highest BCUT2D eigenvalue weighted by Gasteiger charge is 2.01. The van der Waals surface area contributed by atoms with Crippen molar-refractivity contribution in [3.63, 3.8) is 0 Å². The Labute approximate surface area is 56.5 Å². The fourth-order valence-electron chi connectivity index (χ4n) is 0.0514. The van der Waals surface area contributed by atoms with E-state index in [1.54, 1.807) is 0 Å². The van der Waals surface area contributed by atoms with Crippen molar-refractivity contribution in [1.82, 2.24) is 0 Å². The average molecular weight is 160 g/mol. The highest BCUT2D eigenvalue weighted by atomic mass is 35.5. The van der Waals surface area contributed by atoms with Crippen LogP contribution in [-0.2, 0) is 5.11 Å². The molecule has 0 amide bonds. The molecule has 0 bridgehead atoms. The lowest BCUT2D eigenvalue weighted by Gasteiger charge is -1.89. The van der Waals surface area contributed by atoms with E-state index in [0.717, 1.165) is 0 Å². The van der Waals surface area contributed by atoms with E-state index < -0.39 is 4.84 Å². The van der Waals surface area contributed by atoms with Crippen LogP contribution >= 0.6 is 34.8 Å². The number of alkyl halides is 2. The number of allylic oxidation sites excluding steroid dienone is 1. The highest BCUT2D eigenvalue weighted by Crippen LogP contribution is 2.16. The van der Waals surface area contributed by atoms with Gasteiger partial charge in [-0.3, -0.25) is 5.11 Å². The average Bonchev–Trinajstić information content (AvgIpc) is 1.65. The summed E-state index contributed by atoms with van der Waals surface area (Å²) in [7, 11) is 0. The third-order valence-corrected chi connectivity index (χ3v) is 1.32. The van der Waals surface area contributed by atoms with E-state index in [9.17, 15) is 5.11 Å². The minimum Gasteiger partial charge on any atom is -0.297 e. The lowest BCUT2D eigenvalue weighted by molar-refractivity contribution is 0.349. The zero-order chi connectivity index (χ0) is 5.86. The summed E-state index contributed by atoms with van der Waals surface area (Å²) in [5.41, 5.74) is 0. The number of hydrogen-bond donors (Lipinski definition) is 0. The van der Waals surface area contributed by atoms with Crippen LogP contribution in [0.25, 0.3) is 0 Å². The molecule has 0 saturated heterocycles. The van der Waals surface area contributed by atoms with Gasteiger partial charge in [-0.1, -0.05) is 34.8 Å². The van der Waals surface area contributed by atoms with Gasteiger partial charge in [-0.2, -0.15) is 0 Å². The standard InChI is InChI=1S/C3H2Cl3O/c4-2(1-7)3(5)6/h1,3H. The van der Waals surface area contributed by atoms with Crippen LogP contribution in [0.3, 0.4) is 0 Å². The first-order valence-electron chi connectivity index (χ1n) is 1.44. The van der Waals surface area contributed by atoms with Crippen LogP contribution in [-0.4, -0.2) is 4.84 Å². The van der Waals surface area contributed by atoms with Gasteiger partial charge < -0.3 is 0 Å². The first-order valence-corrected chi connectivity index (χ1v) is 2.69. The van der Waals surface area contributed by atoms with Gasteiger partial charge in [-0.05, 0) is 0 Å². The summed E-state index contributed by atoms with van der Waals surface area (Å²) in [5.74, 6) is 0. The SMILES string of the molecule is [O]C=C(Cl)C(Cl)Cl. The predicted molar refractivity (Wildman–Crippen MR) is 30.1 cm³/mol. The van der Waals surface area contributed by atoms with Gasteiger partial charge in [-0.25, -0.2) is 0 Å². The summed E-state index contributed by atoms with van der Waals surface area (Å²) in [6, 6.07) is 0. The van der Waals surface area contributed by atoms with Gasteiger partial charge in [0.15, 0.2) is 6.26 Å². The molecule has 41 valence electrons. The topological polar surface area (TPSA) is 19.9 Å². The van der Waals surface area contributed by atoms with Crippen molar-refractivity contribution in [2.45, 2.75) is 4.84 Å². The van der Waals surface area contributed by atoms with E-state index in [1.165, 1.54) is 0 Å². The molecule has 0 N–H and O–H groups in total. The summed E-state index contributed by atoms with van der Waals surface area (Å²) in [6.45, 7) is 0. The second kappa shape index (κ2) is 3.42. The molecule has 0 saturated carbocycles.